The molecule has 1 rings (SSSR count). The van der Waals surface area contributed by atoms with Gasteiger partial charge in [-0.2, -0.15) is 0 Å². The van der Waals surface area contributed by atoms with Crippen LogP contribution in [0.25, 0.3) is 0 Å². The summed E-state index contributed by atoms with van der Waals surface area (Å²) < 4.78 is 15.8. The van der Waals surface area contributed by atoms with Crippen LogP contribution >= 0.6 is 0 Å². The lowest BCUT2D eigenvalue weighted by Gasteiger charge is -2.14. The zero-order chi connectivity index (χ0) is 13.2. The van der Waals surface area contributed by atoms with Crippen LogP contribution in [0.2, 0.25) is 0 Å². The van der Waals surface area contributed by atoms with Crippen LogP contribution in [0.1, 0.15) is 18.9 Å². The molecule has 0 aromatic heterocycles. The minimum absolute atomic E-state index is 0.204. The maximum absolute atomic E-state index is 5.59. The largest absolute Gasteiger partial charge is 0.494 e. The van der Waals surface area contributed by atoms with Crippen molar-refractivity contribution < 1.29 is 14.2 Å². The van der Waals surface area contributed by atoms with Gasteiger partial charge in [-0.3, -0.25) is 0 Å². The number of benzene rings is 1. The average molecular weight is 253 g/mol. The van der Waals surface area contributed by atoms with Gasteiger partial charge in [-0.1, -0.05) is 19.1 Å². The second kappa shape index (κ2) is 8.91. The van der Waals surface area contributed by atoms with Gasteiger partial charge in [-0.05, 0) is 24.1 Å². The monoisotopic (exact) mass is 253 g/mol. The first-order valence-electron chi connectivity index (χ1n) is 6.28. The summed E-state index contributed by atoms with van der Waals surface area (Å²) in [6.07, 6.45) is 0.816. The molecule has 0 saturated heterocycles. The summed E-state index contributed by atoms with van der Waals surface area (Å²) in [4.78, 5) is 0. The van der Waals surface area contributed by atoms with E-state index in [1.165, 1.54) is 5.56 Å². The number of ether oxygens (including phenoxy) is 3. The van der Waals surface area contributed by atoms with Crippen LogP contribution in [0.5, 0.6) is 5.75 Å². The molecule has 102 valence electrons. The Morgan fingerprint density at radius 1 is 1.22 bits per heavy atom. The molecular weight excluding hydrogens is 230 g/mol. The van der Waals surface area contributed by atoms with Gasteiger partial charge in [0.25, 0.3) is 0 Å². The molecule has 0 saturated carbocycles. The summed E-state index contributed by atoms with van der Waals surface area (Å²) in [7, 11) is 3.27. The van der Waals surface area contributed by atoms with Crippen molar-refractivity contribution in [2.45, 2.75) is 26.2 Å². The van der Waals surface area contributed by atoms with E-state index in [0.29, 0.717) is 6.54 Å². The van der Waals surface area contributed by atoms with Gasteiger partial charge in [-0.25, -0.2) is 0 Å². The fourth-order valence-electron chi connectivity index (χ4n) is 1.56. The summed E-state index contributed by atoms with van der Waals surface area (Å²) in [5.74, 6) is 0.922. The molecule has 0 radical (unpaired) electrons. The molecule has 0 fully saturated rings. The highest BCUT2D eigenvalue weighted by Gasteiger charge is 2.03. The number of rotatable bonds is 9. The Kier molecular flexibility index (Phi) is 7.41. The molecule has 0 heterocycles. The summed E-state index contributed by atoms with van der Waals surface area (Å²) >= 11 is 0. The minimum atomic E-state index is -0.204. The molecule has 0 amide bonds. The third-order valence-electron chi connectivity index (χ3n) is 2.54. The summed E-state index contributed by atoms with van der Waals surface area (Å²) in [6.45, 7) is 4.28. The average Bonchev–Trinajstić information content (AvgIpc) is 2.42. The van der Waals surface area contributed by atoms with Crippen molar-refractivity contribution >= 4 is 0 Å². The Morgan fingerprint density at radius 2 is 2.00 bits per heavy atom. The molecule has 0 aliphatic rings. The van der Waals surface area contributed by atoms with E-state index in [1.54, 1.807) is 14.2 Å². The van der Waals surface area contributed by atoms with Gasteiger partial charge in [-0.15, -0.1) is 0 Å². The van der Waals surface area contributed by atoms with Crippen LogP contribution in [0.15, 0.2) is 24.3 Å². The van der Waals surface area contributed by atoms with Crippen LogP contribution in [-0.4, -0.2) is 33.7 Å². The molecule has 4 heteroatoms. The normalized spacial score (nSPS) is 10.9. The maximum Gasteiger partial charge on any atom is 0.169 e. The summed E-state index contributed by atoms with van der Waals surface area (Å²) in [6, 6.07) is 8.11. The van der Waals surface area contributed by atoms with Crippen LogP contribution in [0.3, 0.4) is 0 Å². The van der Waals surface area contributed by atoms with Gasteiger partial charge < -0.3 is 19.5 Å². The lowest BCUT2D eigenvalue weighted by atomic mass is 10.2. The Hall–Kier alpha value is -1.10. The van der Waals surface area contributed by atoms with Crippen molar-refractivity contribution in [1.29, 1.82) is 0 Å². The highest BCUT2D eigenvalue weighted by molar-refractivity contribution is 5.28. The molecule has 0 spiro atoms. The van der Waals surface area contributed by atoms with E-state index in [0.717, 1.165) is 25.3 Å². The zero-order valence-electron chi connectivity index (χ0n) is 11.4. The Bertz CT molecular complexity index is 327. The van der Waals surface area contributed by atoms with E-state index < -0.39 is 0 Å². The molecule has 1 N–H and O–H groups in total. The number of hydrogen-bond acceptors (Lipinski definition) is 4. The van der Waals surface area contributed by atoms with Gasteiger partial charge in [0.05, 0.1) is 6.61 Å². The molecule has 1 aromatic carbocycles. The first kappa shape index (κ1) is 15.0. The van der Waals surface area contributed by atoms with Gasteiger partial charge in [0.1, 0.15) is 5.75 Å². The fraction of sp³-hybridized carbons (Fsp3) is 0.571. The Morgan fingerprint density at radius 3 is 2.67 bits per heavy atom. The van der Waals surface area contributed by atoms with Gasteiger partial charge in [0, 0.05) is 27.3 Å². The van der Waals surface area contributed by atoms with Gasteiger partial charge in [0.2, 0.25) is 0 Å². The number of hydrogen-bond donors (Lipinski definition) is 1. The summed E-state index contributed by atoms with van der Waals surface area (Å²) in [5.41, 5.74) is 1.19. The quantitative estimate of drug-likeness (QED) is 0.685. The van der Waals surface area contributed by atoms with Crippen molar-refractivity contribution in [2.75, 3.05) is 27.4 Å². The SMILES string of the molecule is CCCOc1cccc(CNCC(OC)OC)c1. The van der Waals surface area contributed by atoms with Crippen molar-refractivity contribution in [3.05, 3.63) is 29.8 Å². The molecular formula is C14H23NO3. The molecule has 0 atom stereocenters. The van der Waals surface area contributed by atoms with E-state index in [4.69, 9.17) is 14.2 Å². The van der Waals surface area contributed by atoms with Crippen molar-refractivity contribution in [1.82, 2.24) is 5.32 Å². The number of methoxy groups -OCH3 is 2. The van der Waals surface area contributed by atoms with E-state index in [2.05, 4.69) is 24.4 Å². The molecule has 0 bridgehead atoms. The zero-order valence-corrected chi connectivity index (χ0v) is 11.4. The Balaban J connectivity index is 2.37. The lowest BCUT2D eigenvalue weighted by Crippen LogP contribution is -2.29. The third-order valence-corrected chi connectivity index (χ3v) is 2.54. The summed E-state index contributed by atoms with van der Waals surface area (Å²) in [5, 5.41) is 3.28. The molecule has 1 aromatic rings. The van der Waals surface area contributed by atoms with E-state index in [-0.39, 0.29) is 6.29 Å². The van der Waals surface area contributed by atoms with Gasteiger partial charge in [0.15, 0.2) is 6.29 Å². The standard InChI is InChI=1S/C14H23NO3/c1-4-8-18-13-7-5-6-12(9-13)10-15-11-14(16-2)17-3/h5-7,9,14-15H,4,8,10-11H2,1-3H3. The van der Waals surface area contributed by atoms with Crippen molar-refractivity contribution in [3.63, 3.8) is 0 Å². The predicted molar refractivity (Wildman–Crippen MR) is 71.7 cm³/mol. The predicted octanol–water partition coefficient (Wildman–Crippen LogP) is 2.18. The van der Waals surface area contributed by atoms with Crippen LogP contribution < -0.4 is 10.1 Å². The van der Waals surface area contributed by atoms with E-state index >= 15 is 0 Å². The molecule has 0 aliphatic carbocycles. The van der Waals surface area contributed by atoms with Crippen molar-refractivity contribution in [2.24, 2.45) is 0 Å². The van der Waals surface area contributed by atoms with E-state index in [9.17, 15) is 0 Å². The topological polar surface area (TPSA) is 39.7 Å². The van der Waals surface area contributed by atoms with Crippen LogP contribution in [0.4, 0.5) is 0 Å². The highest BCUT2D eigenvalue weighted by Crippen LogP contribution is 2.13. The number of nitrogens with one attached hydrogen (secondary N) is 1. The smallest absolute Gasteiger partial charge is 0.169 e. The van der Waals surface area contributed by atoms with Crippen LogP contribution in [-0.2, 0) is 16.0 Å². The van der Waals surface area contributed by atoms with Crippen molar-refractivity contribution in [3.8, 4) is 5.75 Å². The first-order valence-corrected chi connectivity index (χ1v) is 6.28. The maximum atomic E-state index is 5.59. The lowest BCUT2D eigenvalue weighted by molar-refractivity contribution is -0.0989. The fourth-order valence-corrected chi connectivity index (χ4v) is 1.56. The highest BCUT2D eigenvalue weighted by atomic mass is 16.7. The molecule has 0 unspecified atom stereocenters. The minimum Gasteiger partial charge on any atom is -0.494 e. The second-order valence-electron chi connectivity index (χ2n) is 4.03. The molecule has 18 heavy (non-hydrogen) atoms. The Labute approximate surface area is 109 Å². The van der Waals surface area contributed by atoms with Crippen LogP contribution in [0, 0.1) is 0 Å². The third kappa shape index (κ3) is 5.49. The first-order chi connectivity index (χ1) is 8.80. The molecule has 4 nitrogen and oxygen atoms in total. The van der Waals surface area contributed by atoms with E-state index in [1.807, 2.05) is 12.1 Å². The second-order valence-corrected chi connectivity index (χ2v) is 4.03. The molecule has 0 aliphatic heterocycles. The van der Waals surface area contributed by atoms with Gasteiger partial charge >= 0.3 is 0 Å².